The number of hydrogen-bond donors (Lipinski definition) is 1. The van der Waals surface area contributed by atoms with Crippen LogP contribution in [0.15, 0.2) is 24.3 Å². The van der Waals surface area contributed by atoms with Crippen LogP contribution in [0.3, 0.4) is 0 Å². The molecule has 0 bridgehead atoms. The highest BCUT2D eigenvalue weighted by Gasteiger charge is 2.23. The summed E-state index contributed by atoms with van der Waals surface area (Å²) < 4.78 is 0. The molecule has 0 spiro atoms. The third-order valence-electron chi connectivity index (χ3n) is 2.65. The largest absolute Gasteiger partial charge is 0.325 e. The van der Waals surface area contributed by atoms with Gasteiger partial charge in [0.2, 0.25) is 5.91 Å². The summed E-state index contributed by atoms with van der Waals surface area (Å²) in [4.78, 5) is 24.0. The molecule has 0 saturated heterocycles. The van der Waals surface area contributed by atoms with Gasteiger partial charge in [-0.2, -0.15) is 0 Å². The van der Waals surface area contributed by atoms with Crippen LogP contribution < -0.4 is 5.32 Å². The van der Waals surface area contributed by atoms with Gasteiger partial charge in [-0.25, -0.2) is 0 Å². The average molecular weight is 247 g/mol. The third kappa shape index (κ3) is 3.42. The van der Waals surface area contributed by atoms with Crippen LogP contribution in [0, 0.1) is 11.3 Å². The van der Waals surface area contributed by atoms with Gasteiger partial charge in [0.1, 0.15) is 0 Å². The lowest BCUT2D eigenvalue weighted by molar-refractivity contribution is -0.123. The molecule has 1 aromatic rings. The highest BCUT2D eigenvalue weighted by molar-refractivity contribution is 6.06. The van der Waals surface area contributed by atoms with Gasteiger partial charge in [0.05, 0.1) is 5.69 Å². The minimum Gasteiger partial charge on any atom is -0.325 e. The van der Waals surface area contributed by atoms with Crippen LogP contribution in [0.2, 0.25) is 0 Å². The summed E-state index contributed by atoms with van der Waals surface area (Å²) in [5.41, 5.74) is 0.690. The molecule has 1 N–H and O–H groups in total. The monoisotopic (exact) mass is 247 g/mol. The predicted octanol–water partition coefficient (Wildman–Crippen LogP) is 3.51. The van der Waals surface area contributed by atoms with Crippen molar-refractivity contribution in [3.63, 3.8) is 0 Å². The number of anilines is 1. The SMILES string of the molecule is CC(C)C(=O)c1ccccc1NC(=O)C(C)(C)C. The number of hydrogen-bond acceptors (Lipinski definition) is 2. The van der Waals surface area contributed by atoms with Crippen LogP contribution >= 0.6 is 0 Å². The summed E-state index contributed by atoms with van der Waals surface area (Å²) >= 11 is 0. The van der Waals surface area contributed by atoms with Crippen LogP contribution in [0.4, 0.5) is 5.69 Å². The van der Waals surface area contributed by atoms with Crippen LogP contribution in [-0.4, -0.2) is 11.7 Å². The topological polar surface area (TPSA) is 46.2 Å². The van der Waals surface area contributed by atoms with Gasteiger partial charge in [-0.1, -0.05) is 46.8 Å². The van der Waals surface area contributed by atoms with E-state index in [9.17, 15) is 9.59 Å². The van der Waals surface area contributed by atoms with Crippen molar-refractivity contribution in [2.75, 3.05) is 5.32 Å². The lowest BCUT2D eigenvalue weighted by atomic mass is 9.94. The molecule has 3 heteroatoms. The van der Waals surface area contributed by atoms with E-state index in [-0.39, 0.29) is 17.6 Å². The van der Waals surface area contributed by atoms with Crippen molar-refractivity contribution in [2.24, 2.45) is 11.3 Å². The summed E-state index contributed by atoms with van der Waals surface area (Å²) in [5.74, 6) is -0.135. The van der Waals surface area contributed by atoms with Crippen LogP contribution in [-0.2, 0) is 4.79 Å². The van der Waals surface area contributed by atoms with Crippen molar-refractivity contribution in [1.29, 1.82) is 0 Å². The maximum Gasteiger partial charge on any atom is 0.229 e. The van der Waals surface area contributed by atoms with E-state index in [0.717, 1.165) is 0 Å². The second-order valence-electron chi connectivity index (χ2n) is 5.77. The van der Waals surface area contributed by atoms with Crippen molar-refractivity contribution in [2.45, 2.75) is 34.6 Å². The Morgan fingerprint density at radius 2 is 1.67 bits per heavy atom. The molecule has 0 aromatic heterocycles. The van der Waals surface area contributed by atoms with Gasteiger partial charge < -0.3 is 5.32 Å². The molecule has 0 atom stereocenters. The summed E-state index contributed by atoms with van der Waals surface area (Å²) in [6, 6.07) is 7.14. The van der Waals surface area contributed by atoms with Crippen LogP contribution in [0.5, 0.6) is 0 Å². The Morgan fingerprint density at radius 3 is 2.17 bits per heavy atom. The Morgan fingerprint density at radius 1 is 1.11 bits per heavy atom. The van der Waals surface area contributed by atoms with E-state index in [4.69, 9.17) is 0 Å². The number of Topliss-reactive ketones (excluding diaryl/α,β-unsaturated/α-hetero) is 1. The summed E-state index contributed by atoms with van der Waals surface area (Å²) in [6.07, 6.45) is 0. The number of carbonyl (C=O) groups is 2. The fourth-order valence-corrected chi connectivity index (χ4v) is 1.43. The smallest absolute Gasteiger partial charge is 0.229 e. The first-order valence-electron chi connectivity index (χ1n) is 6.18. The Labute approximate surface area is 109 Å². The highest BCUT2D eigenvalue weighted by atomic mass is 16.2. The summed E-state index contributed by atoms with van der Waals surface area (Å²) in [7, 11) is 0. The van der Waals surface area contributed by atoms with E-state index in [1.807, 2.05) is 46.8 Å². The van der Waals surface area contributed by atoms with Gasteiger partial charge >= 0.3 is 0 Å². The molecular weight excluding hydrogens is 226 g/mol. The quantitative estimate of drug-likeness (QED) is 0.831. The number of para-hydroxylation sites is 1. The van der Waals surface area contributed by atoms with E-state index < -0.39 is 5.41 Å². The Bertz CT molecular complexity index is 456. The maximum absolute atomic E-state index is 12.0. The number of benzene rings is 1. The molecule has 1 amide bonds. The van der Waals surface area contributed by atoms with Crippen molar-refractivity contribution < 1.29 is 9.59 Å². The van der Waals surface area contributed by atoms with Gasteiger partial charge in [-0.05, 0) is 12.1 Å². The van der Waals surface area contributed by atoms with E-state index in [2.05, 4.69) is 5.32 Å². The highest BCUT2D eigenvalue weighted by Crippen LogP contribution is 2.22. The van der Waals surface area contributed by atoms with Crippen molar-refractivity contribution in [1.82, 2.24) is 0 Å². The van der Waals surface area contributed by atoms with Gasteiger partial charge in [-0.3, -0.25) is 9.59 Å². The van der Waals surface area contributed by atoms with E-state index in [0.29, 0.717) is 11.3 Å². The van der Waals surface area contributed by atoms with Gasteiger partial charge in [0, 0.05) is 16.9 Å². The molecule has 98 valence electrons. The average Bonchev–Trinajstić information content (AvgIpc) is 2.27. The zero-order chi connectivity index (χ0) is 13.9. The maximum atomic E-state index is 12.0. The molecule has 0 heterocycles. The minimum absolute atomic E-state index is 0.0415. The number of rotatable bonds is 3. The third-order valence-corrected chi connectivity index (χ3v) is 2.65. The molecule has 0 aliphatic rings. The number of carbonyl (C=O) groups excluding carboxylic acids is 2. The molecule has 0 saturated carbocycles. The minimum atomic E-state index is -0.478. The Balaban J connectivity index is 3.04. The first-order valence-corrected chi connectivity index (χ1v) is 6.18. The number of ketones is 1. The van der Waals surface area contributed by atoms with E-state index in [1.54, 1.807) is 12.1 Å². The van der Waals surface area contributed by atoms with Crippen molar-refractivity contribution >= 4 is 17.4 Å². The lowest BCUT2D eigenvalue weighted by Crippen LogP contribution is -2.28. The number of nitrogens with one attached hydrogen (secondary N) is 1. The number of amides is 1. The molecule has 0 aliphatic carbocycles. The molecule has 0 radical (unpaired) electrons. The molecule has 0 aliphatic heterocycles. The molecule has 0 fully saturated rings. The molecule has 18 heavy (non-hydrogen) atoms. The van der Waals surface area contributed by atoms with Crippen molar-refractivity contribution in [3.05, 3.63) is 29.8 Å². The van der Waals surface area contributed by atoms with Crippen LogP contribution in [0.1, 0.15) is 45.0 Å². The standard InChI is InChI=1S/C15H21NO2/c1-10(2)13(17)11-8-6-7-9-12(11)16-14(18)15(3,4)5/h6-10H,1-5H3,(H,16,18). The molecule has 3 nitrogen and oxygen atoms in total. The molecular formula is C15H21NO2. The normalized spacial score (nSPS) is 11.4. The lowest BCUT2D eigenvalue weighted by Gasteiger charge is -2.19. The Hall–Kier alpha value is -1.64. The van der Waals surface area contributed by atoms with E-state index in [1.165, 1.54) is 0 Å². The fourth-order valence-electron chi connectivity index (χ4n) is 1.43. The summed E-state index contributed by atoms with van der Waals surface area (Å²) in [6.45, 7) is 9.23. The second kappa shape index (κ2) is 5.34. The zero-order valence-electron chi connectivity index (χ0n) is 11.7. The van der Waals surface area contributed by atoms with Gasteiger partial charge in [0.15, 0.2) is 5.78 Å². The molecule has 1 aromatic carbocycles. The van der Waals surface area contributed by atoms with Crippen molar-refractivity contribution in [3.8, 4) is 0 Å². The first-order chi connectivity index (χ1) is 8.23. The van der Waals surface area contributed by atoms with E-state index >= 15 is 0 Å². The first kappa shape index (κ1) is 14.4. The molecule has 0 unspecified atom stereocenters. The van der Waals surface area contributed by atoms with Gasteiger partial charge in [0.25, 0.3) is 0 Å². The van der Waals surface area contributed by atoms with Crippen LogP contribution in [0.25, 0.3) is 0 Å². The zero-order valence-corrected chi connectivity index (χ0v) is 11.7. The molecule has 1 rings (SSSR count). The second-order valence-corrected chi connectivity index (χ2v) is 5.77. The fraction of sp³-hybridized carbons (Fsp3) is 0.467. The summed E-state index contributed by atoms with van der Waals surface area (Å²) in [5, 5.41) is 2.83. The Kier molecular flexibility index (Phi) is 4.28. The predicted molar refractivity (Wildman–Crippen MR) is 73.7 cm³/mol. The van der Waals surface area contributed by atoms with Gasteiger partial charge in [-0.15, -0.1) is 0 Å².